The Morgan fingerprint density at radius 3 is 2.39 bits per heavy atom. The van der Waals surface area contributed by atoms with Crippen molar-refractivity contribution in [3.05, 3.63) is 64.7 Å². The smallest absolute Gasteiger partial charge is 0.295 e. The largest absolute Gasteiger partial charge is 0.507 e. The average molecular weight is 454 g/mol. The van der Waals surface area contributed by atoms with E-state index in [1.807, 2.05) is 52.2 Å². The zero-order valence-corrected chi connectivity index (χ0v) is 20.0. The first-order chi connectivity index (χ1) is 15.8. The summed E-state index contributed by atoms with van der Waals surface area (Å²) in [4.78, 5) is 29.0. The summed E-state index contributed by atoms with van der Waals surface area (Å²) in [6, 6.07) is 11.9. The van der Waals surface area contributed by atoms with Crippen molar-refractivity contribution in [1.29, 1.82) is 0 Å². The Bertz CT molecular complexity index is 1040. The van der Waals surface area contributed by atoms with E-state index in [-0.39, 0.29) is 11.3 Å². The van der Waals surface area contributed by atoms with Gasteiger partial charge in [-0.1, -0.05) is 12.1 Å². The lowest BCUT2D eigenvalue weighted by Gasteiger charge is -2.25. The molecule has 2 aromatic carbocycles. The van der Waals surface area contributed by atoms with Crippen LogP contribution < -0.4 is 14.4 Å². The van der Waals surface area contributed by atoms with Crippen LogP contribution in [-0.2, 0) is 9.59 Å². The number of rotatable bonds is 9. The van der Waals surface area contributed by atoms with Gasteiger partial charge in [0.05, 0.1) is 46.0 Å². The summed E-state index contributed by atoms with van der Waals surface area (Å²) >= 11 is 0. The minimum absolute atomic E-state index is 0.103. The van der Waals surface area contributed by atoms with Gasteiger partial charge < -0.3 is 24.4 Å². The number of methoxy groups -OCH3 is 1. The van der Waals surface area contributed by atoms with E-state index in [0.29, 0.717) is 30.2 Å². The first kappa shape index (κ1) is 24.3. The molecule has 3 rings (SSSR count). The number of aliphatic hydroxyl groups is 1. The van der Waals surface area contributed by atoms with Crippen LogP contribution >= 0.6 is 0 Å². The first-order valence-corrected chi connectivity index (χ1v) is 11.2. The molecule has 1 fully saturated rings. The molecule has 176 valence electrons. The number of nitrogens with zero attached hydrogens (tertiary/aromatic N) is 1. The molecule has 7 nitrogen and oxygen atoms in total. The summed E-state index contributed by atoms with van der Waals surface area (Å²) in [6.45, 7) is 5.60. The molecule has 0 aliphatic carbocycles. The van der Waals surface area contributed by atoms with Crippen molar-refractivity contribution in [2.45, 2.75) is 26.3 Å². The van der Waals surface area contributed by atoms with Gasteiger partial charge in [-0.25, -0.2) is 0 Å². The second-order valence-electron chi connectivity index (χ2n) is 8.49. The second kappa shape index (κ2) is 10.5. The number of quaternary nitrogens is 1. The summed E-state index contributed by atoms with van der Waals surface area (Å²) in [5.41, 5.74) is 2.15. The van der Waals surface area contributed by atoms with Crippen LogP contribution in [0.5, 0.6) is 11.5 Å². The van der Waals surface area contributed by atoms with E-state index in [4.69, 9.17) is 9.47 Å². The molecule has 1 unspecified atom stereocenters. The molecule has 1 atom stereocenters. The summed E-state index contributed by atoms with van der Waals surface area (Å²) in [5, 5.41) is 11.2. The maximum atomic E-state index is 13.1. The molecular weight excluding hydrogens is 420 g/mol. The number of ether oxygens (including phenoxy) is 2. The molecule has 0 radical (unpaired) electrons. The molecule has 33 heavy (non-hydrogen) atoms. The third-order valence-corrected chi connectivity index (χ3v) is 5.79. The Morgan fingerprint density at radius 1 is 1.12 bits per heavy atom. The topological polar surface area (TPSA) is 80.5 Å². The van der Waals surface area contributed by atoms with Crippen LogP contribution in [0.25, 0.3) is 5.76 Å². The lowest BCUT2D eigenvalue weighted by Crippen LogP contribution is -3.05. The Morgan fingerprint density at radius 2 is 1.82 bits per heavy atom. The number of likely N-dealkylation sites (tertiary alicyclic amines) is 1. The lowest BCUT2D eigenvalue weighted by atomic mass is 9.94. The Hall–Kier alpha value is -3.32. The number of carbonyl (C=O) groups is 2. The molecule has 7 heteroatoms. The van der Waals surface area contributed by atoms with Crippen molar-refractivity contribution >= 4 is 17.4 Å². The average Bonchev–Trinajstić information content (AvgIpc) is 3.04. The van der Waals surface area contributed by atoms with Crippen LogP contribution in [0.1, 0.15) is 36.1 Å². The van der Waals surface area contributed by atoms with E-state index in [2.05, 4.69) is 0 Å². The molecule has 1 aliphatic rings. The highest BCUT2D eigenvalue weighted by Gasteiger charge is 2.45. The molecule has 1 saturated heterocycles. The summed E-state index contributed by atoms with van der Waals surface area (Å²) < 4.78 is 10.8. The number of carbonyl (C=O) groups excluding carboxylic acids is 2. The molecular formula is C26H33N2O5+. The third-order valence-electron chi connectivity index (χ3n) is 5.79. The molecule has 0 spiro atoms. The van der Waals surface area contributed by atoms with Gasteiger partial charge in [0.1, 0.15) is 17.3 Å². The summed E-state index contributed by atoms with van der Waals surface area (Å²) in [7, 11) is 5.67. The molecule has 1 heterocycles. The van der Waals surface area contributed by atoms with E-state index in [1.165, 1.54) is 4.90 Å². The Kier molecular flexibility index (Phi) is 7.76. The predicted octanol–water partition coefficient (Wildman–Crippen LogP) is 2.36. The van der Waals surface area contributed by atoms with Crippen LogP contribution in [0, 0.1) is 6.92 Å². The molecule has 0 aromatic heterocycles. The zero-order chi connectivity index (χ0) is 24.1. The number of benzene rings is 2. The maximum Gasteiger partial charge on any atom is 0.295 e. The molecule has 0 bridgehead atoms. The maximum absolute atomic E-state index is 13.1. The van der Waals surface area contributed by atoms with Crippen LogP contribution in [0.3, 0.4) is 0 Å². The van der Waals surface area contributed by atoms with Gasteiger partial charge >= 0.3 is 0 Å². The van der Waals surface area contributed by atoms with Crippen molar-refractivity contribution in [3.63, 3.8) is 0 Å². The number of aliphatic hydroxyl groups excluding tert-OH is 1. The van der Waals surface area contributed by atoms with E-state index >= 15 is 0 Å². The van der Waals surface area contributed by atoms with Crippen molar-refractivity contribution < 1.29 is 29.1 Å². The van der Waals surface area contributed by atoms with E-state index in [0.717, 1.165) is 24.1 Å². The number of Topliss-reactive ketones (excluding diaryl/α,β-unsaturated/α-hetero) is 1. The van der Waals surface area contributed by atoms with Crippen molar-refractivity contribution in [2.75, 3.05) is 40.9 Å². The zero-order valence-electron chi connectivity index (χ0n) is 20.0. The number of hydrogen-bond donors (Lipinski definition) is 2. The Balaban J connectivity index is 2.08. The molecule has 1 aliphatic heterocycles. The van der Waals surface area contributed by atoms with Gasteiger partial charge in [0.2, 0.25) is 0 Å². The molecule has 2 aromatic rings. The third kappa shape index (κ3) is 5.20. The van der Waals surface area contributed by atoms with E-state index < -0.39 is 17.7 Å². The first-order valence-electron chi connectivity index (χ1n) is 11.2. The quantitative estimate of drug-likeness (QED) is 0.346. The van der Waals surface area contributed by atoms with Gasteiger partial charge in [0, 0.05) is 18.5 Å². The van der Waals surface area contributed by atoms with Crippen molar-refractivity contribution in [3.8, 4) is 11.5 Å². The molecule has 0 saturated carbocycles. The molecule has 2 N–H and O–H groups in total. The fourth-order valence-electron chi connectivity index (χ4n) is 4.15. The number of hydrogen-bond acceptors (Lipinski definition) is 5. The minimum atomic E-state index is -0.669. The van der Waals surface area contributed by atoms with E-state index in [1.54, 1.807) is 30.2 Å². The van der Waals surface area contributed by atoms with Gasteiger partial charge in [0.15, 0.2) is 0 Å². The second-order valence-corrected chi connectivity index (χ2v) is 8.49. The predicted molar refractivity (Wildman–Crippen MR) is 127 cm³/mol. The molecule has 1 amide bonds. The van der Waals surface area contributed by atoms with Gasteiger partial charge in [-0.3, -0.25) is 9.59 Å². The van der Waals surface area contributed by atoms with Gasteiger partial charge in [0.25, 0.3) is 11.7 Å². The fraction of sp³-hybridized carbons (Fsp3) is 0.385. The van der Waals surface area contributed by atoms with Crippen molar-refractivity contribution in [2.24, 2.45) is 0 Å². The number of aryl methyl sites for hydroxylation is 1. The standard InChI is InChI=1S/C26H32N2O5/c1-6-33-20-11-8-18(9-12-20)23-22(24(29)19-10-13-21(32-5)17(2)16-19)25(30)26(31)28(23)15-7-14-27(3)4/h8-13,16,23,29H,6-7,14-15H2,1-5H3/p+1. The highest BCUT2D eigenvalue weighted by molar-refractivity contribution is 6.46. The van der Waals surface area contributed by atoms with E-state index in [9.17, 15) is 14.7 Å². The van der Waals surface area contributed by atoms with Crippen molar-refractivity contribution in [1.82, 2.24) is 4.90 Å². The van der Waals surface area contributed by atoms with Gasteiger partial charge in [-0.15, -0.1) is 0 Å². The lowest BCUT2D eigenvalue weighted by molar-refractivity contribution is -0.858. The highest BCUT2D eigenvalue weighted by atomic mass is 16.5. The normalized spacial score (nSPS) is 17.6. The summed E-state index contributed by atoms with van der Waals surface area (Å²) in [6.07, 6.45) is 0.741. The van der Waals surface area contributed by atoms with Crippen LogP contribution in [-0.4, -0.2) is 62.6 Å². The highest BCUT2D eigenvalue weighted by Crippen LogP contribution is 2.40. The number of ketones is 1. The number of amides is 1. The van der Waals surface area contributed by atoms with Crippen LogP contribution in [0.4, 0.5) is 0 Å². The number of nitrogens with one attached hydrogen (secondary N) is 1. The van der Waals surface area contributed by atoms with Gasteiger partial charge in [-0.2, -0.15) is 0 Å². The van der Waals surface area contributed by atoms with Crippen LogP contribution in [0.15, 0.2) is 48.0 Å². The van der Waals surface area contributed by atoms with Crippen LogP contribution in [0.2, 0.25) is 0 Å². The Labute approximate surface area is 195 Å². The SMILES string of the molecule is CCOc1ccc(C2C(=C(O)c3ccc(OC)c(C)c3)C(=O)C(=O)N2CCC[NH+](C)C)cc1. The fourth-order valence-corrected chi connectivity index (χ4v) is 4.15. The summed E-state index contributed by atoms with van der Waals surface area (Å²) in [5.74, 6) is -0.0494. The van der Waals surface area contributed by atoms with Gasteiger partial charge in [-0.05, 0) is 55.3 Å². The minimum Gasteiger partial charge on any atom is -0.507 e. The monoisotopic (exact) mass is 453 g/mol.